The van der Waals surface area contributed by atoms with E-state index >= 15 is 0 Å². The third-order valence-corrected chi connectivity index (χ3v) is 5.90. The lowest BCUT2D eigenvalue weighted by atomic mass is 9.96. The van der Waals surface area contributed by atoms with Crippen LogP contribution in [0.1, 0.15) is 48.5 Å². The minimum absolute atomic E-state index is 0.572. The molecule has 44 heavy (non-hydrogen) atoms. The first kappa shape index (κ1) is 36.3. The van der Waals surface area contributed by atoms with Crippen molar-refractivity contribution >= 4 is 41.8 Å². The van der Waals surface area contributed by atoms with Crippen molar-refractivity contribution in [2.75, 3.05) is 13.2 Å². The van der Waals surface area contributed by atoms with Crippen molar-refractivity contribution < 1.29 is 86.0 Å². The Labute approximate surface area is 251 Å². The van der Waals surface area contributed by atoms with Crippen LogP contribution in [0.25, 0.3) is 0 Å². The lowest BCUT2D eigenvalue weighted by molar-refractivity contribution is -0.357. The first-order chi connectivity index (χ1) is 20.5. The molecule has 0 aromatic rings. The molecule has 0 aromatic heterocycles. The topological polar surface area (TPSA) is 232 Å². The molecule has 0 saturated carbocycles. The Kier molecular flexibility index (Phi) is 13.4. The fourth-order valence-corrected chi connectivity index (χ4v) is 4.49. The summed E-state index contributed by atoms with van der Waals surface area (Å²) in [5.41, 5.74) is 0. The SMILES string of the molecule is CC(=O)OC[C@@H]1O[C@@H](O)[C@@H](OC(C)=O)[C@@H](OC(C)=O)[C@@H]1O[C@H]1O[C@@H](COC(C)=O)[C@@H](OC(C)=O)[C@@H](OC(C)=O)[C@H]1OC(C)=O. The largest absolute Gasteiger partial charge is 0.463 e. The van der Waals surface area contributed by atoms with Crippen molar-refractivity contribution in [3.05, 3.63) is 0 Å². The number of carbonyl (C=O) groups is 7. The number of rotatable bonds is 11. The fraction of sp³-hybridized carbons (Fsp3) is 0.731. The zero-order chi connectivity index (χ0) is 33.3. The monoisotopic (exact) mass is 636 g/mol. The van der Waals surface area contributed by atoms with Crippen LogP contribution in [0.4, 0.5) is 0 Å². The molecule has 2 aliphatic heterocycles. The predicted molar refractivity (Wildman–Crippen MR) is 135 cm³/mol. The van der Waals surface area contributed by atoms with Gasteiger partial charge in [0.25, 0.3) is 0 Å². The molecule has 18 heteroatoms. The highest BCUT2D eigenvalue weighted by atomic mass is 16.8. The van der Waals surface area contributed by atoms with Crippen LogP contribution in [-0.4, -0.2) is 122 Å². The minimum atomic E-state index is -1.90. The Morgan fingerprint density at radius 3 is 1.27 bits per heavy atom. The average Bonchev–Trinajstić information content (AvgIpc) is 2.87. The quantitative estimate of drug-likeness (QED) is 0.203. The number of aliphatic hydroxyl groups excluding tert-OH is 1. The van der Waals surface area contributed by atoms with Gasteiger partial charge in [0.1, 0.15) is 31.5 Å². The Bertz CT molecular complexity index is 1090. The molecule has 10 atom stereocenters. The second-order valence-corrected chi connectivity index (χ2v) is 9.68. The second kappa shape index (κ2) is 16.3. The lowest BCUT2D eigenvalue weighted by Gasteiger charge is -2.48. The molecule has 2 aliphatic rings. The highest BCUT2D eigenvalue weighted by Gasteiger charge is 2.57. The standard InChI is InChI=1S/C26H36O18/c1-10(27)35-8-17-20(21(38-13(4)30)23(25(34)42-17)40-15(6)32)44-26-24(41-16(7)33)22(39-14(5)31)19(37-12(3)29)18(43-26)9-36-11(2)28/h17-26,34H,8-9H2,1-7H3/t17-,18-,19+,20+,21-,22+,23-,24+,25+,26+/m0/s1. The zero-order valence-corrected chi connectivity index (χ0v) is 25.1. The molecule has 0 unspecified atom stereocenters. The van der Waals surface area contributed by atoms with E-state index in [9.17, 15) is 38.7 Å². The van der Waals surface area contributed by atoms with Crippen molar-refractivity contribution in [1.29, 1.82) is 0 Å². The molecule has 2 saturated heterocycles. The third kappa shape index (κ3) is 10.7. The Balaban J connectivity index is 2.66. The fourth-order valence-electron chi connectivity index (χ4n) is 4.49. The molecular weight excluding hydrogens is 600 g/mol. The number of hydrogen-bond acceptors (Lipinski definition) is 18. The van der Waals surface area contributed by atoms with Gasteiger partial charge in [-0.2, -0.15) is 0 Å². The molecule has 0 aromatic carbocycles. The lowest BCUT2D eigenvalue weighted by Crippen LogP contribution is -2.67. The van der Waals surface area contributed by atoms with Gasteiger partial charge in [0.2, 0.25) is 0 Å². The first-order valence-electron chi connectivity index (χ1n) is 13.3. The molecule has 0 bridgehead atoms. The van der Waals surface area contributed by atoms with Crippen molar-refractivity contribution in [2.45, 2.75) is 110 Å². The van der Waals surface area contributed by atoms with E-state index in [1.807, 2.05) is 0 Å². The third-order valence-electron chi connectivity index (χ3n) is 5.90. The Hall–Kier alpha value is -3.87. The van der Waals surface area contributed by atoms with E-state index in [2.05, 4.69) is 0 Å². The molecule has 0 amide bonds. The van der Waals surface area contributed by atoms with Gasteiger partial charge in [0.05, 0.1) is 0 Å². The van der Waals surface area contributed by atoms with Gasteiger partial charge in [-0.3, -0.25) is 33.6 Å². The maximum Gasteiger partial charge on any atom is 0.303 e. The van der Waals surface area contributed by atoms with Crippen LogP contribution >= 0.6 is 0 Å². The van der Waals surface area contributed by atoms with Crippen molar-refractivity contribution in [3.8, 4) is 0 Å². The average molecular weight is 637 g/mol. The van der Waals surface area contributed by atoms with Crippen LogP contribution in [0.5, 0.6) is 0 Å². The van der Waals surface area contributed by atoms with E-state index in [0.29, 0.717) is 0 Å². The summed E-state index contributed by atoms with van der Waals surface area (Å²) < 4.78 is 54.1. The molecule has 248 valence electrons. The highest BCUT2D eigenvalue weighted by Crippen LogP contribution is 2.34. The van der Waals surface area contributed by atoms with Gasteiger partial charge in [-0.1, -0.05) is 0 Å². The summed E-state index contributed by atoms with van der Waals surface area (Å²) in [6, 6.07) is 0. The van der Waals surface area contributed by atoms with Crippen LogP contribution in [0.2, 0.25) is 0 Å². The summed E-state index contributed by atoms with van der Waals surface area (Å²) in [6.45, 7) is 6.11. The number of ether oxygens (including phenoxy) is 10. The van der Waals surface area contributed by atoms with E-state index in [1.165, 1.54) is 0 Å². The van der Waals surface area contributed by atoms with E-state index < -0.39 is 116 Å². The molecule has 0 radical (unpaired) electrons. The maximum atomic E-state index is 12.2. The van der Waals surface area contributed by atoms with Gasteiger partial charge in [0, 0.05) is 48.5 Å². The number of aliphatic hydroxyl groups is 1. The minimum Gasteiger partial charge on any atom is -0.463 e. The zero-order valence-electron chi connectivity index (χ0n) is 25.1. The predicted octanol–water partition coefficient (Wildman–Crippen LogP) is -1.40. The Morgan fingerprint density at radius 2 is 0.841 bits per heavy atom. The molecule has 2 fully saturated rings. The van der Waals surface area contributed by atoms with Crippen molar-refractivity contribution in [1.82, 2.24) is 0 Å². The molecule has 2 rings (SSSR count). The summed E-state index contributed by atoms with van der Waals surface area (Å²) in [4.78, 5) is 83.5. The molecule has 0 spiro atoms. The number of carbonyl (C=O) groups excluding carboxylic acids is 7. The summed E-state index contributed by atoms with van der Waals surface area (Å²) in [6.07, 6.45) is -16.3. The van der Waals surface area contributed by atoms with E-state index in [4.69, 9.17) is 47.4 Å². The maximum absolute atomic E-state index is 12.2. The molecule has 1 N–H and O–H groups in total. The van der Waals surface area contributed by atoms with Crippen LogP contribution in [-0.2, 0) is 80.9 Å². The van der Waals surface area contributed by atoms with E-state index in [0.717, 1.165) is 48.5 Å². The first-order valence-corrected chi connectivity index (χ1v) is 13.3. The van der Waals surface area contributed by atoms with Gasteiger partial charge in [-0.05, 0) is 0 Å². The van der Waals surface area contributed by atoms with Crippen LogP contribution in [0, 0.1) is 0 Å². The van der Waals surface area contributed by atoms with Crippen molar-refractivity contribution in [3.63, 3.8) is 0 Å². The van der Waals surface area contributed by atoms with Crippen LogP contribution in [0.3, 0.4) is 0 Å². The molecule has 2 heterocycles. The van der Waals surface area contributed by atoms with Gasteiger partial charge in [-0.25, -0.2) is 0 Å². The van der Waals surface area contributed by atoms with Crippen LogP contribution in [0.15, 0.2) is 0 Å². The van der Waals surface area contributed by atoms with Gasteiger partial charge in [0.15, 0.2) is 43.1 Å². The molecule has 18 nitrogen and oxygen atoms in total. The van der Waals surface area contributed by atoms with Gasteiger partial charge >= 0.3 is 41.8 Å². The molecule has 0 aliphatic carbocycles. The van der Waals surface area contributed by atoms with E-state index in [1.54, 1.807) is 0 Å². The summed E-state index contributed by atoms with van der Waals surface area (Å²) in [7, 11) is 0. The van der Waals surface area contributed by atoms with Crippen molar-refractivity contribution in [2.24, 2.45) is 0 Å². The van der Waals surface area contributed by atoms with E-state index in [-0.39, 0.29) is 0 Å². The second-order valence-electron chi connectivity index (χ2n) is 9.68. The smallest absolute Gasteiger partial charge is 0.303 e. The normalized spacial score (nSPS) is 31.5. The molecular formula is C26H36O18. The summed E-state index contributed by atoms with van der Waals surface area (Å²) in [5.74, 6) is -6.03. The van der Waals surface area contributed by atoms with Gasteiger partial charge in [-0.15, -0.1) is 0 Å². The summed E-state index contributed by atoms with van der Waals surface area (Å²) >= 11 is 0. The number of esters is 7. The Morgan fingerprint density at radius 1 is 0.477 bits per heavy atom. The summed E-state index contributed by atoms with van der Waals surface area (Å²) in [5, 5.41) is 10.6. The van der Waals surface area contributed by atoms with Crippen LogP contribution < -0.4 is 0 Å². The highest BCUT2D eigenvalue weighted by molar-refractivity contribution is 5.69. The van der Waals surface area contributed by atoms with Gasteiger partial charge < -0.3 is 52.5 Å². The number of hydrogen-bond donors (Lipinski definition) is 1.